The van der Waals surface area contributed by atoms with Crippen LogP contribution in [0.3, 0.4) is 0 Å². The summed E-state index contributed by atoms with van der Waals surface area (Å²) in [4.78, 5) is 21.3. The van der Waals surface area contributed by atoms with Gasteiger partial charge in [-0.05, 0) is 48.0 Å². The Bertz CT molecular complexity index is 1320. The summed E-state index contributed by atoms with van der Waals surface area (Å²) in [6.45, 7) is 0.223. The maximum absolute atomic E-state index is 13.0. The Morgan fingerprint density at radius 1 is 1.06 bits per heavy atom. The highest BCUT2D eigenvalue weighted by Gasteiger charge is 2.31. The number of benzene rings is 2. The molecule has 186 valence electrons. The summed E-state index contributed by atoms with van der Waals surface area (Å²) in [6.07, 6.45) is -1.63. The van der Waals surface area contributed by atoms with E-state index in [0.29, 0.717) is 22.3 Å². The molecular formula is C23H19F3N6O3S. The second-order valence-corrected chi connectivity index (χ2v) is 8.13. The molecule has 2 aromatic heterocycles. The molecular weight excluding hydrogens is 497 g/mol. The summed E-state index contributed by atoms with van der Waals surface area (Å²) in [6, 6.07) is 14.0. The van der Waals surface area contributed by atoms with E-state index in [-0.39, 0.29) is 23.7 Å². The maximum Gasteiger partial charge on any atom is 0.573 e. The number of thioether (sulfide) groups is 1. The molecule has 0 aliphatic heterocycles. The normalized spacial score (nSPS) is 11.2. The molecule has 2 aromatic carbocycles. The van der Waals surface area contributed by atoms with Crippen molar-refractivity contribution in [3.8, 4) is 17.2 Å². The zero-order valence-electron chi connectivity index (χ0n) is 18.8. The van der Waals surface area contributed by atoms with E-state index in [9.17, 15) is 18.0 Å². The van der Waals surface area contributed by atoms with Gasteiger partial charge >= 0.3 is 6.36 Å². The number of hydrogen-bond donors (Lipinski definition) is 1. The lowest BCUT2D eigenvalue weighted by Gasteiger charge is -2.11. The molecule has 4 rings (SSSR count). The Kier molecular flexibility index (Phi) is 7.68. The number of nitrogens with one attached hydrogen (secondary N) is 1. The van der Waals surface area contributed by atoms with Crippen LogP contribution in [0.1, 0.15) is 21.7 Å². The first-order valence-electron chi connectivity index (χ1n) is 10.4. The second kappa shape index (κ2) is 11.1. The Morgan fingerprint density at radius 3 is 2.50 bits per heavy atom. The Morgan fingerprint density at radius 2 is 1.81 bits per heavy atom. The van der Waals surface area contributed by atoms with Crippen LogP contribution in [0.2, 0.25) is 0 Å². The van der Waals surface area contributed by atoms with Crippen molar-refractivity contribution in [2.24, 2.45) is 0 Å². The highest BCUT2D eigenvalue weighted by atomic mass is 32.2. The lowest BCUT2D eigenvalue weighted by molar-refractivity contribution is -0.274. The van der Waals surface area contributed by atoms with E-state index in [1.54, 1.807) is 37.7 Å². The van der Waals surface area contributed by atoms with Crippen molar-refractivity contribution in [1.82, 2.24) is 30.3 Å². The van der Waals surface area contributed by atoms with Gasteiger partial charge in [0.25, 0.3) is 5.91 Å². The lowest BCUT2D eigenvalue weighted by atomic mass is 10.2. The van der Waals surface area contributed by atoms with Crippen LogP contribution < -0.4 is 14.8 Å². The summed E-state index contributed by atoms with van der Waals surface area (Å²) < 4.78 is 48.0. The average Bonchev–Trinajstić information content (AvgIpc) is 3.30. The molecule has 0 saturated carbocycles. The molecule has 2 heterocycles. The van der Waals surface area contributed by atoms with Crippen LogP contribution in [-0.2, 0) is 12.3 Å². The van der Waals surface area contributed by atoms with Gasteiger partial charge in [-0.3, -0.25) is 4.79 Å². The van der Waals surface area contributed by atoms with E-state index in [0.717, 1.165) is 17.7 Å². The summed E-state index contributed by atoms with van der Waals surface area (Å²) >= 11 is 1.26. The van der Waals surface area contributed by atoms with Gasteiger partial charge in [0.1, 0.15) is 11.5 Å². The van der Waals surface area contributed by atoms with Crippen molar-refractivity contribution in [2.75, 3.05) is 7.11 Å². The van der Waals surface area contributed by atoms with Gasteiger partial charge in [-0.25, -0.2) is 14.6 Å². The number of rotatable bonds is 9. The standard InChI is InChI=1S/C23H19F3N6O3S/c1-34-18-5-2-4-15(12-18)13-29-21(33)20-19(14-36-22-27-10-3-11-28-22)32(31-30-20)16-6-8-17(9-7-16)35-23(24,25)26/h2-12H,13-14H2,1H3,(H,29,33). The predicted octanol–water partition coefficient (Wildman–Crippen LogP) is 4.19. The van der Waals surface area contributed by atoms with E-state index in [1.165, 1.54) is 28.6 Å². The van der Waals surface area contributed by atoms with Crippen molar-refractivity contribution in [2.45, 2.75) is 23.8 Å². The monoisotopic (exact) mass is 516 g/mol. The third kappa shape index (κ3) is 6.50. The fourth-order valence-corrected chi connectivity index (χ4v) is 3.94. The topological polar surface area (TPSA) is 104 Å². The van der Waals surface area contributed by atoms with Crippen LogP contribution in [0.4, 0.5) is 13.2 Å². The predicted molar refractivity (Wildman–Crippen MR) is 124 cm³/mol. The van der Waals surface area contributed by atoms with Gasteiger partial charge in [-0.2, -0.15) is 0 Å². The van der Waals surface area contributed by atoms with E-state index in [2.05, 4.69) is 30.3 Å². The molecule has 9 nitrogen and oxygen atoms in total. The maximum atomic E-state index is 13.0. The Labute approximate surface area is 207 Å². The quantitative estimate of drug-likeness (QED) is 0.261. The third-order valence-corrected chi connectivity index (χ3v) is 5.65. The number of nitrogens with zero attached hydrogens (tertiary/aromatic N) is 5. The van der Waals surface area contributed by atoms with Gasteiger partial charge < -0.3 is 14.8 Å². The molecule has 1 N–H and O–H groups in total. The van der Waals surface area contributed by atoms with Crippen molar-refractivity contribution in [3.63, 3.8) is 0 Å². The van der Waals surface area contributed by atoms with Crippen molar-refractivity contribution < 1.29 is 27.4 Å². The van der Waals surface area contributed by atoms with E-state index >= 15 is 0 Å². The number of alkyl halides is 3. The number of methoxy groups -OCH3 is 1. The largest absolute Gasteiger partial charge is 0.573 e. The van der Waals surface area contributed by atoms with Crippen LogP contribution in [0.5, 0.6) is 11.5 Å². The zero-order valence-corrected chi connectivity index (χ0v) is 19.6. The fourth-order valence-electron chi connectivity index (χ4n) is 3.15. The summed E-state index contributed by atoms with van der Waals surface area (Å²) in [5.74, 6) is 0.0345. The highest BCUT2D eigenvalue weighted by molar-refractivity contribution is 7.98. The first kappa shape index (κ1) is 25.0. The molecule has 0 bridgehead atoms. The number of amides is 1. The zero-order chi connectivity index (χ0) is 25.5. The molecule has 0 spiro atoms. The summed E-state index contributed by atoms with van der Waals surface area (Å²) in [5, 5.41) is 11.4. The van der Waals surface area contributed by atoms with E-state index in [1.807, 2.05) is 12.1 Å². The smallest absolute Gasteiger partial charge is 0.497 e. The van der Waals surface area contributed by atoms with Gasteiger partial charge in [0.2, 0.25) is 0 Å². The van der Waals surface area contributed by atoms with Crippen LogP contribution in [-0.4, -0.2) is 44.3 Å². The second-order valence-electron chi connectivity index (χ2n) is 7.19. The lowest BCUT2D eigenvalue weighted by Crippen LogP contribution is -2.24. The third-order valence-electron chi connectivity index (χ3n) is 4.76. The molecule has 4 aromatic rings. The minimum absolute atomic E-state index is 0.0666. The average molecular weight is 517 g/mol. The fraction of sp³-hybridized carbons (Fsp3) is 0.174. The number of ether oxygens (including phenoxy) is 2. The molecule has 0 unspecified atom stereocenters. The Balaban J connectivity index is 1.58. The molecule has 0 radical (unpaired) electrons. The number of aromatic nitrogens is 5. The minimum Gasteiger partial charge on any atom is -0.497 e. The molecule has 36 heavy (non-hydrogen) atoms. The highest BCUT2D eigenvalue weighted by Crippen LogP contribution is 2.26. The molecule has 0 saturated heterocycles. The van der Waals surface area contributed by atoms with Crippen LogP contribution >= 0.6 is 11.8 Å². The number of carbonyl (C=O) groups excluding carboxylic acids is 1. The van der Waals surface area contributed by atoms with Gasteiger partial charge in [-0.15, -0.1) is 18.3 Å². The van der Waals surface area contributed by atoms with Crippen LogP contribution in [0, 0.1) is 0 Å². The van der Waals surface area contributed by atoms with Crippen LogP contribution in [0.25, 0.3) is 5.69 Å². The van der Waals surface area contributed by atoms with Gasteiger partial charge in [0.05, 0.1) is 18.5 Å². The SMILES string of the molecule is COc1cccc(CNC(=O)c2nnn(-c3ccc(OC(F)(F)F)cc3)c2CSc2ncccn2)c1. The van der Waals surface area contributed by atoms with Crippen molar-refractivity contribution in [3.05, 3.63) is 83.9 Å². The molecule has 0 atom stereocenters. The number of hydrogen-bond acceptors (Lipinski definition) is 8. The van der Waals surface area contributed by atoms with Gasteiger partial charge in [-0.1, -0.05) is 29.1 Å². The Hall–Kier alpha value is -4.13. The molecule has 0 fully saturated rings. The number of carbonyl (C=O) groups is 1. The minimum atomic E-state index is -4.81. The van der Waals surface area contributed by atoms with Gasteiger partial charge in [0, 0.05) is 24.7 Å². The first-order valence-corrected chi connectivity index (χ1v) is 11.4. The molecule has 1 amide bonds. The van der Waals surface area contributed by atoms with Gasteiger partial charge in [0.15, 0.2) is 10.9 Å². The first-order chi connectivity index (χ1) is 17.3. The number of halogens is 3. The summed E-state index contributed by atoms with van der Waals surface area (Å²) in [5.41, 5.74) is 1.70. The van der Waals surface area contributed by atoms with Crippen LogP contribution in [0.15, 0.2) is 72.1 Å². The van der Waals surface area contributed by atoms with E-state index in [4.69, 9.17) is 4.74 Å². The van der Waals surface area contributed by atoms with E-state index < -0.39 is 12.3 Å². The van der Waals surface area contributed by atoms with Crippen molar-refractivity contribution in [1.29, 1.82) is 0 Å². The molecule has 13 heteroatoms. The molecule has 0 aliphatic rings. The summed E-state index contributed by atoms with van der Waals surface area (Å²) in [7, 11) is 1.55. The van der Waals surface area contributed by atoms with Crippen molar-refractivity contribution >= 4 is 17.7 Å². The molecule has 0 aliphatic carbocycles.